The zero-order valence-electron chi connectivity index (χ0n) is 9.44. The normalized spacial score (nSPS) is 15.4. The lowest BCUT2D eigenvalue weighted by Crippen LogP contribution is -2.30. The van der Waals surface area contributed by atoms with Gasteiger partial charge in [-0.15, -0.1) is 0 Å². The van der Waals surface area contributed by atoms with Crippen LogP contribution in [-0.2, 0) is 0 Å². The zero-order chi connectivity index (χ0) is 10.8. The molecule has 0 fully saturated rings. The average Bonchev–Trinajstić information content (AvgIpc) is 2.70. The van der Waals surface area contributed by atoms with Crippen molar-refractivity contribution < 1.29 is 0 Å². The molecule has 3 nitrogen and oxygen atoms in total. The Kier molecular flexibility index (Phi) is 2.73. The number of fused-ring (bicyclic) bond motifs is 1. The van der Waals surface area contributed by atoms with Gasteiger partial charge >= 0.3 is 0 Å². The number of imidazole rings is 1. The molecule has 0 aliphatic heterocycles. The Labute approximate surface area is 90.1 Å². The van der Waals surface area contributed by atoms with E-state index in [2.05, 4.69) is 40.8 Å². The lowest BCUT2D eigenvalue weighted by atomic mass is 10.1. The van der Waals surface area contributed by atoms with Crippen molar-refractivity contribution >= 4 is 11.0 Å². The largest absolute Gasteiger partial charge is 0.326 e. The second kappa shape index (κ2) is 4.03. The molecule has 15 heavy (non-hydrogen) atoms. The number of likely N-dealkylation sites (N-methyl/N-ethyl adjacent to an activating group) is 1. The maximum Gasteiger partial charge on any atom is 0.0961 e. The Morgan fingerprint density at radius 2 is 2.00 bits per heavy atom. The van der Waals surface area contributed by atoms with Gasteiger partial charge in [-0.25, -0.2) is 4.98 Å². The van der Waals surface area contributed by atoms with Gasteiger partial charge in [-0.05, 0) is 33.0 Å². The summed E-state index contributed by atoms with van der Waals surface area (Å²) in [7, 11) is 1.99. The molecule has 0 saturated heterocycles. The molecule has 1 N–H and O–H groups in total. The fraction of sp³-hybridized carbons (Fsp3) is 0.417. The van der Waals surface area contributed by atoms with E-state index in [1.807, 2.05) is 25.5 Å². The maximum absolute atomic E-state index is 4.39. The van der Waals surface area contributed by atoms with Gasteiger partial charge in [-0.1, -0.05) is 12.1 Å². The van der Waals surface area contributed by atoms with E-state index in [1.165, 1.54) is 5.52 Å². The van der Waals surface area contributed by atoms with E-state index in [0.29, 0.717) is 12.1 Å². The molecule has 0 aliphatic rings. The van der Waals surface area contributed by atoms with Crippen LogP contribution in [0.1, 0.15) is 19.9 Å². The van der Waals surface area contributed by atoms with E-state index < -0.39 is 0 Å². The van der Waals surface area contributed by atoms with Gasteiger partial charge in [0.25, 0.3) is 0 Å². The van der Waals surface area contributed by atoms with Crippen molar-refractivity contribution in [2.45, 2.75) is 25.9 Å². The van der Waals surface area contributed by atoms with Gasteiger partial charge in [0.15, 0.2) is 0 Å². The first-order valence-electron chi connectivity index (χ1n) is 5.33. The average molecular weight is 203 g/mol. The zero-order valence-corrected chi connectivity index (χ0v) is 9.44. The van der Waals surface area contributed by atoms with Crippen LogP contribution in [-0.4, -0.2) is 22.6 Å². The predicted molar refractivity (Wildman–Crippen MR) is 63.0 cm³/mol. The summed E-state index contributed by atoms with van der Waals surface area (Å²) in [4.78, 5) is 4.39. The SMILES string of the molecule is CNC(C)C(C)n1cnc2ccccc21. The molecule has 0 amide bonds. The van der Waals surface area contributed by atoms with Crippen molar-refractivity contribution in [3.8, 4) is 0 Å². The van der Waals surface area contributed by atoms with Crippen molar-refractivity contribution in [3.63, 3.8) is 0 Å². The van der Waals surface area contributed by atoms with Gasteiger partial charge in [0.1, 0.15) is 0 Å². The summed E-state index contributed by atoms with van der Waals surface area (Å²) >= 11 is 0. The molecule has 80 valence electrons. The van der Waals surface area contributed by atoms with Gasteiger partial charge < -0.3 is 9.88 Å². The summed E-state index contributed by atoms with van der Waals surface area (Å²) in [5.74, 6) is 0. The van der Waals surface area contributed by atoms with Crippen LogP contribution >= 0.6 is 0 Å². The Bertz CT molecular complexity index is 447. The molecule has 0 saturated carbocycles. The topological polar surface area (TPSA) is 29.9 Å². The third-order valence-corrected chi connectivity index (χ3v) is 3.10. The highest BCUT2D eigenvalue weighted by atomic mass is 15.1. The number of rotatable bonds is 3. The van der Waals surface area contributed by atoms with E-state index in [4.69, 9.17) is 0 Å². The first kappa shape index (κ1) is 10.2. The van der Waals surface area contributed by atoms with Crippen molar-refractivity contribution in [1.29, 1.82) is 0 Å². The van der Waals surface area contributed by atoms with Crippen molar-refractivity contribution in [3.05, 3.63) is 30.6 Å². The summed E-state index contributed by atoms with van der Waals surface area (Å²) in [6.07, 6.45) is 1.92. The van der Waals surface area contributed by atoms with Gasteiger partial charge in [0.2, 0.25) is 0 Å². The number of nitrogens with one attached hydrogen (secondary N) is 1. The molecule has 2 unspecified atom stereocenters. The number of nitrogens with zero attached hydrogens (tertiary/aromatic N) is 2. The minimum atomic E-state index is 0.405. The minimum Gasteiger partial charge on any atom is -0.326 e. The van der Waals surface area contributed by atoms with Crippen LogP contribution in [0, 0.1) is 0 Å². The second-order valence-electron chi connectivity index (χ2n) is 3.96. The van der Waals surface area contributed by atoms with Crippen LogP contribution in [0.25, 0.3) is 11.0 Å². The molecule has 2 rings (SSSR count). The Balaban J connectivity index is 2.43. The Hall–Kier alpha value is -1.35. The molecule has 3 heteroatoms. The highest BCUT2D eigenvalue weighted by molar-refractivity contribution is 5.75. The van der Waals surface area contributed by atoms with Crippen LogP contribution < -0.4 is 5.32 Å². The minimum absolute atomic E-state index is 0.405. The highest BCUT2D eigenvalue weighted by Crippen LogP contribution is 2.19. The molecule has 1 aromatic heterocycles. The fourth-order valence-electron chi connectivity index (χ4n) is 1.78. The van der Waals surface area contributed by atoms with Gasteiger partial charge in [-0.2, -0.15) is 0 Å². The molecular weight excluding hydrogens is 186 g/mol. The van der Waals surface area contributed by atoms with Crippen LogP contribution in [0.4, 0.5) is 0 Å². The highest BCUT2D eigenvalue weighted by Gasteiger charge is 2.13. The van der Waals surface area contributed by atoms with Crippen molar-refractivity contribution in [1.82, 2.24) is 14.9 Å². The van der Waals surface area contributed by atoms with Gasteiger partial charge in [0, 0.05) is 12.1 Å². The Morgan fingerprint density at radius 3 is 2.73 bits per heavy atom. The number of benzene rings is 1. The van der Waals surface area contributed by atoms with Crippen molar-refractivity contribution in [2.75, 3.05) is 7.05 Å². The monoisotopic (exact) mass is 203 g/mol. The fourth-order valence-corrected chi connectivity index (χ4v) is 1.78. The molecule has 2 atom stereocenters. The summed E-state index contributed by atoms with van der Waals surface area (Å²) < 4.78 is 2.22. The molecule has 0 radical (unpaired) electrons. The maximum atomic E-state index is 4.39. The first-order valence-corrected chi connectivity index (χ1v) is 5.33. The van der Waals surface area contributed by atoms with Crippen molar-refractivity contribution in [2.24, 2.45) is 0 Å². The van der Waals surface area contributed by atoms with E-state index in [0.717, 1.165) is 5.52 Å². The standard InChI is InChI=1S/C12H17N3/c1-9(13-3)10(2)15-8-14-11-6-4-5-7-12(11)15/h4-10,13H,1-3H3. The number of hydrogen-bond donors (Lipinski definition) is 1. The van der Waals surface area contributed by atoms with E-state index in [9.17, 15) is 0 Å². The summed E-state index contributed by atoms with van der Waals surface area (Å²) in [6.45, 7) is 4.38. The molecule has 2 aromatic rings. The number of aromatic nitrogens is 2. The van der Waals surface area contributed by atoms with Crippen LogP contribution in [0.5, 0.6) is 0 Å². The smallest absolute Gasteiger partial charge is 0.0961 e. The third kappa shape index (κ3) is 1.75. The summed E-state index contributed by atoms with van der Waals surface area (Å²) in [6, 6.07) is 9.07. The molecule has 0 aliphatic carbocycles. The predicted octanol–water partition coefficient (Wildman–Crippen LogP) is 2.21. The lowest BCUT2D eigenvalue weighted by Gasteiger charge is -2.21. The van der Waals surface area contributed by atoms with E-state index >= 15 is 0 Å². The lowest BCUT2D eigenvalue weighted by molar-refractivity contribution is 0.423. The second-order valence-corrected chi connectivity index (χ2v) is 3.96. The molecular formula is C12H17N3. The molecule has 1 aromatic carbocycles. The number of para-hydroxylation sites is 2. The summed E-state index contributed by atoms with van der Waals surface area (Å²) in [5.41, 5.74) is 2.26. The van der Waals surface area contributed by atoms with Crippen LogP contribution in [0.15, 0.2) is 30.6 Å². The Morgan fingerprint density at radius 1 is 1.27 bits per heavy atom. The summed E-state index contributed by atoms with van der Waals surface area (Å²) in [5, 5.41) is 3.27. The van der Waals surface area contributed by atoms with Gasteiger partial charge in [0.05, 0.1) is 17.4 Å². The quantitative estimate of drug-likeness (QED) is 0.828. The first-order chi connectivity index (χ1) is 7.24. The molecule has 1 heterocycles. The molecule has 0 bridgehead atoms. The van der Waals surface area contributed by atoms with Crippen LogP contribution in [0.3, 0.4) is 0 Å². The van der Waals surface area contributed by atoms with E-state index in [1.54, 1.807) is 0 Å². The van der Waals surface area contributed by atoms with E-state index in [-0.39, 0.29) is 0 Å². The number of hydrogen-bond acceptors (Lipinski definition) is 2. The van der Waals surface area contributed by atoms with Crippen LogP contribution in [0.2, 0.25) is 0 Å². The van der Waals surface area contributed by atoms with Gasteiger partial charge in [-0.3, -0.25) is 0 Å². The molecule has 0 spiro atoms. The third-order valence-electron chi connectivity index (χ3n) is 3.10.